The zero-order valence-electron chi connectivity index (χ0n) is 12.9. The van der Waals surface area contributed by atoms with Gasteiger partial charge in [-0.25, -0.2) is 4.98 Å². The number of rotatable bonds is 5. The molecule has 0 aliphatic heterocycles. The summed E-state index contributed by atoms with van der Waals surface area (Å²) in [5.41, 5.74) is 2.79. The van der Waals surface area contributed by atoms with Crippen LogP contribution in [-0.4, -0.2) is 31.4 Å². The Kier molecular flexibility index (Phi) is 3.73. The fraction of sp³-hybridized carbons (Fsp3) is 0.0588. The first kappa shape index (κ1) is 15.4. The van der Waals surface area contributed by atoms with Crippen molar-refractivity contribution in [3.05, 3.63) is 64.3 Å². The van der Waals surface area contributed by atoms with Crippen LogP contribution in [-0.2, 0) is 0 Å². The van der Waals surface area contributed by atoms with E-state index in [1.165, 1.54) is 23.9 Å². The van der Waals surface area contributed by atoms with Gasteiger partial charge in [-0.2, -0.15) is 0 Å². The fourth-order valence-corrected chi connectivity index (χ4v) is 3.44. The van der Waals surface area contributed by atoms with Crippen molar-refractivity contribution in [1.82, 2.24) is 15.0 Å². The molecular weight excluding hydrogens is 340 g/mol. The third-order valence-electron chi connectivity index (χ3n) is 3.88. The molecule has 0 amide bonds. The number of fused-ring (bicyclic) bond motifs is 2. The van der Waals surface area contributed by atoms with Crippen molar-refractivity contribution in [1.29, 1.82) is 0 Å². The number of aromatic nitrogens is 3. The van der Waals surface area contributed by atoms with Crippen molar-refractivity contribution in [3.8, 4) is 0 Å². The Morgan fingerprint density at radius 3 is 2.88 bits per heavy atom. The molecule has 8 heteroatoms. The predicted octanol–water partition coefficient (Wildman–Crippen LogP) is 3.93. The van der Waals surface area contributed by atoms with Gasteiger partial charge in [0.1, 0.15) is 0 Å². The van der Waals surface area contributed by atoms with Gasteiger partial charge in [0.05, 0.1) is 21.7 Å². The number of H-pyrrole nitrogens is 2. The lowest BCUT2D eigenvalue weighted by Gasteiger charge is -1.98. The van der Waals surface area contributed by atoms with E-state index in [1.807, 2.05) is 24.3 Å². The summed E-state index contributed by atoms with van der Waals surface area (Å²) in [5.74, 6) is 0.220. The molecular formula is C17H12N4O3S. The molecule has 2 heterocycles. The average Bonchev–Trinajstić information content (AvgIpc) is 3.22. The van der Waals surface area contributed by atoms with Gasteiger partial charge in [-0.1, -0.05) is 30.0 Å². The zero-order valence-corrected chi connectivity index (χ0v) is 13.7. The van der Waals surface area contributed by atoms with Crippen LogP contribution in [0.2, 0.25) is 0 Å². The van der Waals surface area contributed by atoms with Gasteiger partial charge in [0.15, 0.2) is 10.9 Å². The zero-order chi connectivity index (χ0) is 17.4. The van der Waals surface area contributed by atoms with Gasteiger partial charge < -0.3 is 9.97 Å². The molecule has 0 aliphatic carbocycles. The molecule has 4 rings (SSSR count). The highest BCUT2D eigenvalue weighted by molar-refractivity contribution is 7.99. The van der Waals surface area contributed by atoms with Gasteiger partial charge >= 0.3 is 0 Å². The minimum atomic E-state index is -0.451. The van der Waals surface area contributed by atoms with Crippen LogP contribution >= 0.6 is 11.8 Å². The number of non-ortho nitro benzene ring substituents is 1. The molecule has 0 saturated carbocycles. The molecule has 4 aromatic rings. The summed E-state index contributed by atoms with van der Waals surface area (Å²) in [5, 5.41) is 12.3. The summed E-state index contributed by atoms with van der Waals surface area (Å²) in [7, 11) is 0. The smallest absolute Gasteiger partial charge is 0.271 e. The lowest BCUT2D eigenvalue weighted by atomic mass is 10.1. The first-order valence-corrected chi connectivity index (χ1v) is 8.46. The number of hydrogen-bond donors (Lipinski definition) is 2. The molecule has 0 aliphatic rings. The highest BCUT2D eigenvalue weighted by Crippen LogP contribution is 2.25. The van der Waals surface area contributed by atoms with E-state index in [0.717, 1.165) is 10.9 Å². The Bertz CT molecular complexity index is 1120. The Balaban J connectivity index is 1.53. The maximum absolute atomic E-state index is 12.5. The van der Waals surface area contributed by atoms with E-state index < -0.39 is 4.92 Å². The van der Waals surface area contributed by atoms with Crippen LogP contribution in [0.3, 0.4) is 0 Å². The van der Waals surface area contributed by atoms with Crippen molar-refractivity contribution < 1.29 is 9.72 Å². The summed E-state index contributed by atoms with van der Waals surface area (Å²) in [6, 6.07) is 12.1. The van der Waals surface area contributed by atoms with E-state index in [2.05, 4.69) is 15.0 Å². The summed E-state index contributed by atoms with van der Waals surface area (Å²) >= 11 is 1.28. The van der Waals surface area contributed by atoms with Crippen molar-refractivity contribution in [3.63, 3.8) is 0 Å². The average molecular weight is 352 g/mol. The minimum Gasteiger partial charge on any atom is -0.360 e. The first-order chi connectivity index (χ1) is 12.1. The van der Waals surface area contributed by atoms with Crippen molar-refractivity contribution in [2.45, 2.75) is 5.16 Å². The van der Waals surface area contributed by atoms with Gasteiger partial charge in [0, 0.05) is 34.8 Å². The van der Waals surface area contributed by atoms with Crippen molar-refractivity contribution >= 4 is 45.2 Å². The quantitative estimate of drug-likeness (QED) is 0.245. The van der Waals surface area contributed by atoms with E-state index in [0.29, 0.717) is 21.8 Å². The number of carbonyl (C=O) groups is 1. The largest absolute Gasteiger partial charge is 0.360 e. The number of nitro benzene ring substituents is 1. The molecule has 0 saturated heterocycles. The van der Waals surface area contributed by atoms with Gasteiger partial charge in [0.2, 0.25) is 0 Å². The Morgan fingerprint density at radius 1 is 1.20 bits per heavy atom. The highest BCUT2D eigenvalue weighted by atomic mass is 32.2. The van der Waals surface area contributed by atoms with Crippen LogP contribution < -0.4 is 0 Å². The summed E-state index contributed by atoms with van der Waals surface area (Å²) in [6.07, 6.45) is 1.72. The van der Waals surface area contributed by atoms with E-state index in [-0.39, 0.29) is 17.2 Å². The minimum absolute atomic E-state index is 0.00238. The first-order valence-electron chi connectivity index (χ1n) is 7.48. The lowest BCUT2D eigenvalue weighted by Crippen LogP contribution is -2.01. The number of para-hydroxylation sites is 1. The van der Waals surface area contributed by atoms with Gasteiger partial charge in [-0.3, -0.25) is 14.9 Å². The number of carbonyl (C=O) groups excluding carboxylic acids is 1. The van der Waals surface area contributed by atoms with Crippen LogP contribution in [0.25, 0.3) is 21.9 Å². The van der Waals surface area contributed by atoms with E-state index >= 15 is 0 Å². The normalized spacial score (nSPS) is 11.2. The van der Waals surface area contributed by atoms with Crippen molar-refractivity contribution in [2.75, 3.05) is 5.75 Å². The second-order valence-electron chi connectivity index (χ2n) is 5.46. The lowest BCUT2D eigenvalue weighted by molar-refractivity contribution is -0.384. The number of nitrogens with zero attached hydrogens (tertiary/aromatic N) is 2. The monoisotopic (exact) mass is 352 g/mol. The maximum atomic E-state index is 12.5. The van der Waals surface area contributed by atoms with E-state index in [9.17, 15) is 14.9 Å². The molecule has 2 N–H and O–H groups in total. The number of imidazole rings is 1. The molecule has 7 nitrogen and oxygen atoms in total. The third-order valence-corrected chi connectivity index (χ3v) is 4.76. The van der Waals surface area contributed by atoms with Crippen LogP contribution in [0.4, 0.5) is 5.69 Å². The van der Waals surface area contributed by atoms with Gasteiger partial charge in [-0.05, 0) is 12.1 Å². The Hall–Kier alpha value is -3.13. The molecule has 124 valence electrons. The number of Topliss-reactive ketones (excluding diaryl/α,β-unsaturated/α-hetero) is 1. The Labute approximate surface area is 145 Å². The van der Waals surface area contributed by atoms with E-state index in [1.54, 1.807) is 12.3 Å². The number of ketones is 1. The predicted molar refractivity (Wildman–Crippen MR) is 96.1 cm³/mol. The van der Waals surface area contributed by atoms with Crippen LogP contribution in [0.1, 0.15) is 10.4 Å². The third kappa shape index (κ3) is 2.87. The number of benzene rings is 2. The molecule has 2 aromatic carbocycles. The standard InChI is InChI=1S/C17H12N4O3S/c22-16(12-8-18-13-4-2-1-3-11(12)13)9-25-17-19-14-6-5-10(21(23)24)7-15(14)20-17/h1-8,18H,9H2,(H,19,20). The molecule has 0 bridgehead atoms. The van der Waals surface area contributed by atoms with Crippen molar-refractivity contribution in [2.24, 2.45) is 0 Å². The number of thioether (sulfide) groups is 1. The molecule has 0 atom stereocenters. The van der Waals surface area contributed by atoms with Gasteiger partial charge in [-0.15, -0.1) is 0 Å². The molecule has 25 heavy (non-hydrogen) atoms. The summed E-state index contributed by atoms with van der Waals surface area (Å²) < 4.78 is 0. The summed E-state index contributed by atoms with van der Waals surface area (Å²) in [4.78, 5) is 33.3. The second kappa shape index (κ2) is 6.06. The maximum Gasteiger partial charge on any atom is 0.271 e. The topological polar surface area (TPSA) is 105 Å². The molecule has 0 radical (unpaired) electrons. The highest BCUT2D eigenvalue weighted by Gasteiger charge is 2.14. The molecule has 0 spiro atoms. The molecule has 2 aromatic heterocycles. The number of aromatic amines is 2. The number of nitro groups is 1. The van der Waals surface area contributed by atoms with E-state index in [4.69, 9.17) is 0 Å². The molecule has 0 fully saturated rings. The van der Waals surface area contributed by atoms with Crippen LogP contribution in [0.5, 0.6) is 0 Å². The number of hydrogen-bond acceptors (Lipinski definition) is 5. The fourth-order valence-electron chi connectivity index (χ4n) is 2.67. The SMILES string of the molecule is O=C(CSc1nc2ccc([N+](=O)[O-])cc2[nH]1)c1c[nH]c2ccccc12. The molecule has 0 unspecified atom stereocenters. The Morgan fingerprint density at radius 2 is 2.04 bits per heavy atom. The van der Waals surface area contributed by atoms with Crippen LogP contribution in [0.15, 0.2) is 53.8 Å². The summed E-state index contributed by atoms with van der Waals surface area (Å²) in [6.45, 7) is 0. The van der Waals surface area contributed by atoms with Crippen LogP contribution in [0, 0.1) is 10.1 Å². The number of nitrogens with one attached hydrogen (secondary N) is 2. The second-order valence-corrected chi connectivity index (χ2v) is 6.42. The van der Waals surface area contributed by atoms with Gasteiger partial charge in [0.25, 0.3) is 5.69 Å².